The summed E-state index contributed by atoms with van der Waals surface area (Å²) in [4.78, 5) is 2.26. The first-order chi connectivity index (χ1) is 25.8. The molecule has 0 saturated heterocycles. The molecule has 52 heavy (non-hydrogen) atoms. The molecule has 0 spiro atoms. The molecule has 0 radical (unpaired) electrons. The molecule has 0 bridgehead atoms. The molecule has 4 nitrogen and oxygen atoms in total. The fraction of sp³-hybridized carbons (Fsp3) is 0. The lowest BCUT2D eigenvalue weighted by molar-refractivity contribution is 0.667. The van der Waals surface area contributed by atoms with Gasteiger partial charge in [0.2, 0.25) is 0 Å². The van der Waals surface area contributed by atoms with Crippen LogP contribution < -0.4 is 4.90 Å². The largest absolute Gasteiger partial charge is 0.456 e. The van der Waals surface area contributed by atoms with Gasteiger partial charge in [0.05, 0.1) is 0 Å². The molecule has 0 aliphatic rings. The van der Waals surface area contributed by atoms with Gasteiger partial charge in [-0.2, -0.15) is 0 Å². The van der Waals surface area contributed by atoms with Crippen molar-refractivity contribution in [3.05, 3.63) is 176 Å². The molecule has 4 heteroatoms. The first-order valence-corrected chi connectivity index (χ1v) is 17.5. The minimum Gasteiger partial charge on any atom is -0.456 e. The molecule has 3 heterocycles. The monoisotopic (exact) mass is 667 g/mol. The Labute approximate surface area is 298 Å². The standard InChI is InChI=1S/C48H29NO3/c1-3-11-32(12-4-1)49(33-13-5-2-6-14-33)34-23-25-39-40-18-9-16-35(47(40)52-46(39)29-34)30-22-26-44-42(27-30)41-19-10-17-36(48(41)51-44)31-21-24-38-37-15-7-8-20-43(37)50-45(38)28-31/h1-29H. The Morgan fingerprint density at radius 2 is 0.808 bits per heavy atom. The maximum absolute atomic E-state index is 6.76. The summed E-state index contributed by atoms with van der Waals surface area (Å²) in [5.74, 6) is 0. The van der Waals surface area contributed by atoms with Gasteiger partial charge in [-0.25, -0.2) is 0 Å². The van der Waals surface area contributed by atoms with Crippen LogP contribution in [-0.2, 0) is 0 Å². The van der Waals surface area contributed by atoms with E-state index in [1.807, 2.05) is 30.3 Å². The third-order valence-electron chi connectivity index (χ3n) is 10.3. The van der Waals surface area contributed by atoms with E-state index in [1.165, 1.54) is 0 Å². The first kappa shape index (κ1) is 28.8. The SMILES string of the molecule is c1ccc(N(c2ccccc2)c2ccc3c(c2)oc2c(-c4ccc5oc6c(-c7ccc8c(c7)oc7ccccc78)cccc6c5c4)cccc23)cc1. The van der Waals surface area contributed by atoms with Crippen molar-refractivity contribution in [2.75, 3.05) is 4.90 Å². The van der Waals surface area contributed by atoms with E-state index >= 15 is 0 Å². The third kappa shape index (κ3) is 4.41. The van der Waals surface area contributed by atoms with Crippen LogP contribution in [0.1, 0.15) is 0 Å². The molecule has 0 fully saturated rings. The van der Waals surface area contributed by atoms with Crippen molar-refractivity contribution in [1.82, 2.24) is 0 Å². The minimum atomic E-state index is 0.845. The number of rotatable bonds is 5. The third-order valence-corrected chi connectivity index (χ3v) is 10.3. The van der Waals surface area contributed by atoms with Crippen molar-refractivity contribution in [3.63, 3.8) is 0 Å². The Hall–Kier alpha value is -7.04. The molecule has 11 rings (SSSR count). The summed E-state index contributed by atoms with van der Waals surface area (Å²) < 4.78 is 19.6. The zero-order valence-corrected chi connectivity index (χ0v) is 27.9. The molecule has 0 unspecified atom stereocenters. The van der Waals surface area contributed by atoms with E-state index in [-0.39, 0.29) is 0 Å². The predicted molar refractivity (Wildman–Crippen MR) is 214 cm³/mol. The maximum Gasteiger partial charge on any atom is 0.143 e. The number of fused-ring (bicyclic) bond motifs is 9. The van der Waals surface area contributed by atoms with Crippen LogP contribution in [0, 0.1) is 0 Å². The summed E-state index contributed by atoms with van der Waals surface area (Å²) >= 11 is 0. The highest BCUT2D eigenvalue weighted by Gasteiger charge is 2.19. The van der Waals surface area contributed by atoms with Crippen LogP contribution in [0.15, 0.2) is 189 Å². The molecular formula is C48H29NO3. The molecule has 3 aromatic heterocycles. The number of hydrogen-bond acceptors (Lipinski definition) is 4. The average Bonchev–Trinajstić information content (AvgIpc) is 3.89. The van der Waals surface area contributed by atoms with Crippen molar-refractivity contribution in [2.45, 2.75) is 0 Å². The number of furan rings is 3. The molecule has 0 N–H and O–H groups in total. The van der Waals surface area contributed by atoms with Crippen molar-refractivity contribution >= 4 is 82.9 Å². The minimum absolute atomic E-state index is 0.845. The van der Waals surface area contributed by atoms with Crippen molar-refractivity contribution in [2.24, 2.45) is 0 Å². The molecule has 244 valence electrons. The van der Waals surface area contributed by atoms with Crippen LogP contribution in [0.2, 0.25) is 0 Å². The molecule has 0 aliphatic carbocycles. The molecule has 11 aromatic rings. The second-order valence-electron chi connectivity index (χ2n) is 13.3. The van der Waals surface area contributed by atoms with Crippen LogP contribution >= 0.6 is 0 Å². The maximum atomic E-state index is 6.76. The topological polar surface area (TPSA) is 42.7 Å². The van der Waals surface area contributed by atoms with E-state index in [2.05, 4.69) is 150 Å². The lowest BCUT2D eigenvalue weighted by Gasteiger charge is -2.25. The Bertz CT molecular complexity index is 3090. The summed E-state index contributed by atoms with van der Waals surface area (Å²) in [5.41, 5.74) is 12.6. The Morgan fingerprint density at radius 3 is 1.56 bits per heavy atom. The van der Waals surface area contributed by atoms with Gasteiger partial charge in [-0.3, -0.25) is 0 Å². The molecule has 0 atom stereocenters. The van der Waals surface area contributed by atoms with E-state index in [9.17, 15) is 0 Å². The number of para-hydroxylation sites is 5. The van der Waals surface area contributed by atoms with Gasteiger partial charge in [-0.15, -0.1) is 0 Å². The normalized spacial score (nSPS) is 11.8. The fourth-order valence-electron chi connectivity index (χ4n) is 7.84. The zero-order chi connectivity index (χ0) is 34.2. The summed E-state index contributed by atoms with van der Waals surface area (Å²) in [6.07, 6.45) is 0. The fourth-order valence-corrected chi connectivity index (χ4v) is 7.84. The lowest BCUT2D eigenvalue weighted by atomic mass is 9.98. The van der Waals surface area contributed by atoms with E-state index in [4.69, 9.17) is 13.3 Å². The van der Waals surface area contributed by atoms with Gasteiger partial charge in [0.1, 0.15) is 33.5 Å². The van der Waals surface area contributed by atoms with Crippen LogP contribution in [-0.4, -0.2) is 0 Å². The average molecular weight is 668 g/mol. The summed E-state index contributed by atoms with van der Waals surface area (Å²) in [5, 5.41) is 6.55. The Morgan fingerprint density at radius 1 is 0.288 bits per heavy atom. The molecule has 0 saturated carbocycles. The van der Waals surface area contributed by atoms with Crippen LogP contribution in [0.25, 0.3) is 88.1 Å². The number of anilines is 3. The molecule has 0 aliphatic heterocycles. The van der Waals surface area contributed by atoms with Gasteiger partial charge in [0.25, 0.3) is 0 Å². The van der Waals surface area contributed by atoms with E-state index < -0.39 is 0 Å². The number of benzene rings is 8. The van der Waals surface area contributed by atoms with Crippen LogP contribution in [0.5, 0.6) is 0 Å². The second-order valence-corrected chi connectivity index (χ2v) is 13.3. The Kier molecular flexibility index (Phi) is 6.22. The molecular weight excluding hydrogens is 639 g/mol. The highest BCUT2D eigenvalue weighted by atomic mass is 16.3. The Balaban J connectivity index is 1.03. The van der Waals surface area contributed by atoms with Crippen molar-refractivity contribution in [1.29, 1.82) is 0 Å². The van der Waals surface area contributed by atoms with E-state index in [0.29, 0.717) is 0 Å². The second kappa shape index (κ2) is 11.2. The zero-order valence-electron chi connectivity index (χ0n) is 27.9. The first-order valence-electron chi connectivity index (χ1n) is 17.5. The summed E-state index contributed by atoms with van der Waals surface area (Å²) in [6, 6.07) is 61.2. The highest BCUT2D eigenvalue weighted by Crippen LogP contribution is 2.43. The number of hydrogen-bond donors (Lipinski definition) is 0. The lowest BCUT2D eigenvalue weighted by Crippen LogP contribution is -2.09. The molecule has 8 aromatic carbocycles. The van der Waals surface area contributed by atoms with Gasteiger partial charge in [0.15, 0.2) is 0 Å². The van der Waals surface area contributed by atoms with Crippen LogP contribution in [0.3, 0.4) is 0 Å². The van der Waals surface area contributed by atoms with E-state index in [0.717, 1.165) is 105 Å². The van der Waals surface area contributed by atoms with Gasteiger partial charge >= 0.3 is 0 Å². The molecule has 0 amide bonds. The number of nitrogens with zero attached hydrogens (tertiary/aromatic N) is 1. The summed E-state index contributed by atoms with van der Waals surface area (Å²) in [6.45, 7) is 0. The smallest absolute Gasteiger partial charge is 0.143 e. The van der Waals surface area contributed by atoms with Crippen molar-refractivity contribution in [3.8, 4) is 22.3 Å². The quantitative estimate of drug-likeness (QED) is 0.183. The summed E-state index contributed by atoms with van der Waals surface area (Å²) in [7, 11) is 0. The van der Waals surface area contributed by atoms with Gasteiger partial charge in [-0.1, -0.05) is 103 Å². The van der Waals surface area contributed by atoms with Gasteiger partial charge in [0, 0.05) is 66.6 Å². The van der Waals surface area contributed by atoms with Gasteiger partial charge < -0.3 is 18.2 Å². The predicted octanol–water partition coefficient (Wildman–Crippen LogP) is 14.2. The van der Waals surface area contributed by atoms with E-state index in [1.54, 1.807) is 0 Å². The van der Waals surface area contributed by atoms with Gasteiger partial charge in [-0.05, 0) is 77.9 Å². The highest BCUT2D eigenvalue weighted by molar-refractivity contribution is 6.14. The van der Waals surface area contributed by atoms with Crippen LogP contribution in [0.4, 0.5) is 17.1 Å². The van der Waals surface area contributed by atoms with Crippen molar-refractivity contribution < 1.29 is 13.3 Å².